The van der Waals surface area contributed by atoms with Gasteiger partial charge in [-0.1, -0.05) is 0 Å². The summed E-state index contributed by atoms with van der Waals surface area (Å²) >= 11 is 0. The summed E-state index contributed by atoms with van der Waals surface area (Å²) in [6.07, 6.45) is 1.72. The van der Waals surface area contributed by atoms with E-state index in [-0.39, 0.29) is 0 Å². The average Bonchev–Trinajstić information content (AvgIpc) is 2.25. The van der Waals surface area contributed by atoms with Crippen molar-refractivity contribution in [3.05, 3.63) is 17.8 Å². The Labute approximate surface area is 97.4 Å². The number of methoxy groups -OCH3 is 1. The van der Waals surface area contributed by atoms with Crippen molar-refractivity contribution in [1.29, 1.82) is 0 Å². The van der Waals surface area contributed by atoms with E-state index in [9.17, 15) is 0 Å². The van der Waals surface area contributed by atoms with Gasteiger partial charge >= 0.3 is 0 Å². The number of nitrogens with two attached hydrogens (primary N) is 1. The van der Waals surface area contributed by atoms with Crippen LogP contribution in [0.15, 0.2) is 12.3 Å². The molecule has 0 aliphatic carbocycles. The van der Waals surface area contributed by atoms with Crippen molar-refractivity contribution in [3.63, 3.8) is 0 Å². The summed E-state index contributed by atoms with van der Waals surface area (Å²) in [6, 6.07) is 2.33. The SMILES string of the molecule is CCN(c1cc(C)c(N)cn1)C(C)COC. The molecule has 0 aliphatic heterocycles. The maximum Gasteiger partial charge on any atom is 0.129 e. The number of anilines is 2. The van der Waals surface area contributed by atoms with Crippen molar-refractivity contribution in [3.8, 4) is 0 Å². The van der Waals surface area contributed by atoms with Crippen LogP contribution in [-0.4, -0.2) is 31.3 Å². The fourth-order valence-electron chi connectivity index (χ4n) is 1.74. The minimum absolute atomic E-state index is 0.311. The molecule has 0 fully saturated rings. The molecule has 2 N–H and O–H groups in total. The predicted octanol–water partition coefficient (Wildman–Crippen LogP) is 1.83. The number of aryl methyl sites for hydroxylation is 1. The van der Waals surface area contributed by atoms with E-state index in [0.29, 0.717) is 12.6 Å². The number of rotatable bonds is 5. The predicted molar refractivity (Wildman–Crippen MR) is 67.7 cm³/mol. The standard InChI is InChI=1S/C12H21N3O/c1-5-15(10(3)8-16-4)12-6-9(2)11(13)7-14-12/h6-7,10H,5,8,13H2,1-4H3. The molecular formula is C12H21N3O. The zero-order valence-electron chi connectivity index (χ0n) is 10.5. The Balaban J connectivity index is 2.90. The monoisotopic (exact) mass is 223 g/mol. The van der Waals surface area contributed by atoms with Crippen LogP contribution in [-0.2, 0) is 4.74 Å². The Kier molecular flexibility index (Phi) is 4.55. The largest absolute Gasteiger partial charge is 0.397 e. The highest BCUT2D eigenvalue weighted by atomic mass is 16.5. The van der Waals surface area contributed by atoms with Gasteiger partial charge in [-0.2, -0.15) is 0 Å². The Hall–Kier alpha value is -1.29. The third kappa shape index (κ3) is 2.85. The fraction of sp³-hybridized carbons (Fsp3) is 0.583. The van der Waals surface area contributed by atoms with E-state index >= 15 is 0 Å². The van der Waals surface area contributed by atoms with E-state index in [2.05, 4.69) is 23.7 Å². The highest BCUT2D eigenvalue weighted by Crippen LogP contribution is 2.19. The first-order chi connectivity index (χ1) is 7.60. The maximum atomic E-state index is 5.76. The lowest BCUT2D eigenvalue weighted by Gasteiger charge is -2.28. The molecule has 1 aromatic rings. The van der Waals surface area contributed by atoms with Crippen LogP contribution >= 0.6 is 0 Å². The smallest absolute Gasteiger partial charge is 0.129 e. The molecule has 0 aromatic carbocycles. The molecule has 0 radical (unpaired) electrons. The molecule has 0 spiro atoms. The van der Waals surface area contributed by atoms with Gasteiger partial charge < -0.3 is 15.4 Å². The molecule has 4 heteroatoms. The van der Waals surface area contributed by atoms with Gasteiger partial charge in [0.15, 0.2) is 0 Å². The number of pyridine rings is 1. The van der Waals surface area contributed by atoms with Crippen LogP contribution in [0, 0.1) is 6.92 Å². The number of aromatic nitrogens is 1. The van der Waals surface area contributed by atoms with Gasteiger partial charge in [0.25, 0.3) is 0 Å². The Bertz CT molecular complexity index is 341. The Morgan fingerprint density at radius 2 is 2.25 bits per heavy atom. The van der Waals surface area contributed by atoms with Gasteiger partial charge in [-0.05, 0) is 32.4 Å². The summed E-state index contributed by atoms with van der Waals surface area (Å²) in [6.45, 7) is 7.83. The van der Waals surface area contributed by atoms with E-state index in [1.54, 1.807) is 13.3 Å². The third-order valence-corrected chi connectivity index (χ3v) is 2.71. The highest BCUT2D eigenvalue weighted by Gasteiger charge is 2.14. The molecule has 0 bridgehead atoms. The first-order valence-electron chi connectivity index (χ1n) is 5.57. The lowest BCUT2D eigenvalue weighted by atomic mass is 10.2. The third-order valence-electron chi connectivity index (χ3n) is 2.71. The average molecular weight is 223 g/mol. The second kappa shape index (κ2) is 5.70. The first-order valence-corrected chi connectivity index (χ1v) is 5.57. The molecule has 0 amide bonds. The normalized spacial score (nSPS) is 12.5. The number of hydrogen-bond acceptors (Lipinski definition) is 4. The van der Waals surface area contributed by atoms with E-state index in [1.807, 2.05) is 13.0 Å². The van der Waals surface area contributed by atoms with Crippen LogP contribution in [0.1, 0.15) is 19.4 Å². The van der Waals surface area contributed by atoms with Gasteiger partial charge in [0.1, 0.15) is 5.82 Å². The first kappa shape index (κ1) is 12.8. The highest BCUT2D eigenvalue weighted by molar-refractivity contribution is 5.52. The van der Waals surface area contributed by atoms with Crippen molar-refractivity contribution in [2.75, 3.05) is 30.9 Å². The topological polar surface area (TPSA) is 51.4 Å². The number of nitrogen functional groups attached to an aromatic ring is 1. The summed E-state index contributed by atoms with van der Waals surface area (Å²) in [5.41, 5.74) is 7.56. The van der Waals surface area contributed by atoms with Crippen molar-refractivity contribution in [1.82, 2.24) is 4.98 Å². The van der Waals surface area contributed by atoms with E-state index in [1.165, 1.54) is 0 Å². The molecule has 90 valence electrons. The van der Waals surface area contributed by atoms with Crippen LogP contribution in [0.3, 0.4) is 0 Å². The van der Waals surface area contributed by atoms with Crippen molar-refractivity contribution in [2.45, 2.75) is 26.8 Å². The van der Waals surface area contributed by atoms with Gasteiger partial charge in [0.2, 0.25) is 0 Å². The molecule has 0 saturated heterocycles. The molecule has 1 unspecified atom stereocenters. The second-order valence-electron chi connectivity index (χ2n) is 3.99. The molecule has 1 aromatic heterocycles. The van der Waals surface area contributed by atoms with E-state index in [0.717, 1.165) is 23.6 Å². The summed E-state index contributed by atoms with van der Waals surface area (Å²) in [5, 5.41) is 0. The van der Waals surface area contributed by atoms with Gasteiger partial charge in [-0.15, -0.1) is 0 Å². The van der Waals surface area contributed by atoms with Gasteiger partial charge in [0.05, 0.1) is 24.5 Å². The number of ether oxygens (including phenoxy) is 1. The fourth-order valence-corrected chi connectivity index (χ4v) is 1.74. The molecule has 1 atom stereocenters. The Morgan fingerprint density at radius 1 is 1.56 bits per heavy atom. The zero-order valence-corrected chi connectivity index (χ0v) is 10.5. The molecule has 0 aliphatic rings. The lowest BCUT2D eigenvalue weighted by Crippen LogP contribution is -2.36. The van der Waals surface area contributed by atoms with Gasteiger partial charge in [-0.25, -0.2) is 4.98 Å². The van der Waals surface area contributed by atoms with Crippen molar-refractivity contribution in [2.24, 2.45) is 0 Å². The molecular weight excluding hydrogens is 202 g/mol. The molecule has 4 nitrogen and oxygen atoms in total. The molecule has 1 rings (SSSR count). The van der Waals surface area contributed by atoms with Crippen molar-refractivity contribution >= 4 is 11.5 Å². The van der Waals surface area contributed by atoms with Gasteiger partial charge in [0, 0.05) is 13.7 Å². The quantitative estimate of drug-likeness (QED) is 0.827. The van der Waals surface area contributed by atoms with E-state index < -0.39 is 0 Å². The van der Waals surface area contributed by atoms with Crippen LogP contribution in [0.2, 0.25) is 0 Å². The van der Waals surface area contributed by atoms with E-state index in [4.69, 9.17) is 10.5 Å². The minimum Gasteiger partial charge on any atom is -0.397 e. The van der Waals surface area contributed by atoms with Gasteiger partial charge in [-0.3, -0.25) is 0 Å². The summed E-state index contributed by atoms with van der Waals surface area (Å²) in [4.78, 5) is 6.56. The Morgan fingerprint density at radius 3 is 2.75 bits per heavy atom. The van der Waals surface area contributed by atoms with Crippen LogP contribution in [0.25, 0.3) is 0 Å². The van der Waals surface area contributed by atoms with Crippen LogP contribution in [0.4, 0.5) is 11.5 Å². The maximum absolute atomic E-state index is 5.76. The summed E-state index contributed by atoms with van der Waals surface area (Å²) in [5.74, 6) is 0.957. The second-order valence-corrected chi connectivity index (χ2v) is 3.99. The molecule has 16 heavy (non-hydrogen) atoms. The van der Waals surface area contributed by atoms with Crippen LogP contribution in [0.5, 0.6) is 0 Å². The van der Waals surface area contributed by atoms with Crippen molar-refractivity contribution < 1.29 is 4.74 Å². The summed E-state index contributed by atoms with van der Waals surface area (Å²) < 4.78 is 5.17. The number of nitrogens with zero attached hydrogens (tertiary/aromatic N) is 2. The zero-order chi connectivity index (χ0) is 12.1. The van der Waals surface area contributed by atoms with Crippen LogP contribution < -0.4 is 10.6 Å². The number of likely N-dealkylation sites (N-methyl/N-ethyl adjacent to an activating group) is 1. The lowest BCUT2D eigenvalue weighted by molar-refractivity contribution is 0.181. The number of hydrogen-bond donors (Lipinski definition) is 1. The molecule has 1 heterocycles. The molecule has 0 saturated carbocycles. The summed E-state index contributed by atoms with van der Waals surface area (Å²) in [7, 11) is 1.71. The minimum atomic E-state index is 0.311.